The molecule has 1 aromatic rings. The number of halogens is 1. The lowest BCUT2D eigenvalue weighted by Gasteiger charge is -2.29. The molecule has 0 amide bonds. The summed E-state index contributed by atoms with van der Waals surface area (Å²) in [7, 11) is 0. The molecule has 2 nitrogen and oxygen atoms in total. The number of β-amino-alcohol motifs (C(OH)–C–C–N with tert-alkyl or cyclic N) is 1. The van der Waals surface area contributed by atoms with Crippen molar-refractivity contribution in [1.82, 2.24) is 4.90 Å². The molecule has 0 spiro atoms. The minimum atomic E-state index is -0.319. The van der Waals surface area contributed by atoms with Gasteiger partial charge < -0.3 is 5.11 Å². The molecule has 2 rings (SSSR count). The first-order valence-electron chi connectivity index (χ1n) is 5.33. The van der Waals surface area contributed by atoms with Crippen LogP contribution in [0.5, 0.6) is 0 Å². The predicted molar refractivity (Wildman–Crippen MR) is 57.1 cm³/mol. The molecule has 1 unspecified atom stereocenters. The van der Waals surface area contributed by atoms with Crippen molar-refractivity contribution in [2.45, 2.75) is 26.0 Å². The van der Waals surface area contributed by atoms with E-state index in [-0.39, 0.29) is 11.9 Å². The van der Waals surface area contributed by atoms with Crippen LogP contribution in [-0.2, 0) is 13.0 Å². The number of fused-ring (bicyclic) bond motifs is 1. The van der Waals surface area contributed by atoms with Crippen LogP contribution in [0, 0.1) is 5.82 Å². The van der Waals surface area contributed by atoms with Crippen LogP contribution in [0.1, 0.15) is 18.1 Å². The van der Waals surface area contributed by atoms with E-state index in [0.29, 0.717) is 6.54 Å². The Morgan fingerprint density at radius 2 is 2.27 bits per heavy atom. The topological polar surface area (TPSA) is 23.5 Å². The van der Waals surface area contributed by atoms with E-state index in [9.17, 15) is 9.50 Å². The van der Waals surface area contributed by atoms with E-state index in [1.165, 1.54) is 11.6 Å². The molecule has 3 heteroatoms. The normalized spacial score (nSPS) is 18.6. The van der Waals surface area contributed by atoms with Gasteiger partial charge in [0.15, 0.2) is 0 Å². The van der Waals surface area contributed by atoms with Crippen molar-refractivity contribution in [3.63, 3.8) is 0 Å². The molecular formula is C12H16FNO. The number of rotatable bonds is 2. The van der Waals surface area contributed by atoms with E-state index in [0.717, 1.165) is 25.1 Å². The molecule has 1 aliphatic rings. The lowest BCUT2D eigenvalue weighted by atomic mass is 9.99. The maximum absolute atomic E-state index is 13.0. The molecule has 1 N–H and O–H groups in total. The first-order chi connectivity index (χ1) is 7.15. The SMILES string of the molecule is CC(O)CN1CCc2ccc(F)cc2C1. The fourth-order valence-corrected chi connectivity index (χ4v) is 2.11. The van der Waals surface area contributed by atoms with Crippen LogP contribution in [0.2, 0.25) is 0 Å². The maximum atomic E-state index is 13.0. The number of benzene rings is 1. The lowest BCUT2D eigenvalue weighted by Crippen LogP contribution is -2.35. The zero-order chi connectivity index (χ0) is 10.8. The highest BCUT2D eigenvalue weighted by molar-refractivity contribution is 5.29. The fourth-order valence-electron chi connectivity index (χ4n) is 2.11. The van der Waals surface area contributed by atoms with E-state index in [1.807, 2.05) is 6.07 Å². The van der Waals surface area contributed by atoms with Gasteiger partial charge in [-0.3, -0.25) is 4.90 Å². The van der Waals surface area contributed by atoms with Crippen LogP contribution in [0.3, 0.4) is 0 Å². The van der Waals surface area contributed by atoms with Crippen LogP contribution in [0.4, 0.5) is 4.39 Å². The molecule has 82 valence electrons. The number of nitrogens with zero attached hydrogens (tertiary/aromatic N) is 1. The van der Waals surface area contributed by atoms with Crippen molar-refractivity contribution < 1.29 is 9.50 Å². The van der Waals surface area contributed by atoms with Gasteiger partial charge in [-0.25, -0.2) is 4.39 Å². The Labute approximate surface area is 89.3 Å². The molecule has 0 fully saturated rings. The molecule has 0 aliphatic carbocycles. The van der Waals surface area contributed by atoms with E-state index >= 15 is 0 Å². The highest BCUT2D eigenvalue weighted by atomic mass is 19.1. The van der Waals surface area contributed by atoms with Crippen LogP contribution >= 0.6 is 0 Å². The highest BCUT2D eigenvalue weighted by Gasteiger charge is 2.17. The maximum Gasteiger partial charge on any atom is 0.123 e. The van der Waals surface area contributed by atoms with Crippen molar-refractivity contribution in [1.29, 1.82) is 0 Å². The van der Waals surface area contributed by atoms with Crippen LogP contribution in [0.15, 0.2) is 18.2 Å². The lowest BCUT2D eigenvalue weighted by molar-refractivity contribution is 0.119. The van der Waals surface area contributed by atoms with Gasteiger partial charge in [0.1, 0.15) is 5.82 Å². The third-order valence-electron chi connectivity index (χ3n) is 2.78. The molecule has 1 atom stereocenters. The van der Waals surface area contributed by atoms with E-state index in [2.05, 4.69) is 4.90 Å². The summed E-state index contributed by atoms with van der Waals surface area (Å²) in [5.74, 6) is -0.173. The van der Waals surface area contributed by atoms with Crippen molar-refractivity contribution in [2.24, 2.45) is 0 Å². The van der Waals surface area contributed by atoms with Gasteiger partial charge in [0.05, 0.1) is 6.10 Å². The number of hydrogen-bond donors (Lipinski definition) is 1. The molecule has 1 aromatic carbocycles. The van der Waals surface area contributed by atoms with Crippen molar-refractivity contribution in [3.8, 4) is 0 Å². The second-order valence-electron chi connectivity index (χ2n) is 4.25. The van der Waals surface area contributed by atoms with E-state index < -0.39 is 0 Å². The van der Waals surface area contributed by atoms with Crippen LogP contribution in [-0.4, -0.2) is 29.2 Å². The fraction of sp³-hybridized carbons (Fsp3) is 0.500. The minimum absolute atomic E-state index is 0.173. The van der Waals surface area contributed by atoms with Gasteiger partial charge in [-0.15, -0.1) is 0 Å². The molecule has 0 saturated carbocycles. The van der Waals surface area contributed by atoms with Gasteiger partial charge in [0.2, 0.25) is 0 Å². The minimum Gasteiger partial charge on any atom is -0.392 e. The highest BCUT2D eigenvalue weighted by Crippen LogP contribution is 2.19. The van der Waals surface area contributed by atoms with Crippen molar-refractivity contribution >= 4 is 0 Å². The number of aliphatic hydroxyl groups is 1. The van der Waals surface area contributed by atoms with Crippen LogP contribution < -0.4 is 0 Å². The summed E-state index contributed by atoms with van der Waals surface area (Å²) >= 11 is 0. The zero-order valence-electron chi connectivity index (χ0n) is 8.91. The Balaban J connectivity index is 2.11. The van der Waals surface area contributed by atoms with Gasteiger partial charge in [-0.1, -0.05) is 6.07 Å². The summed E-state index contributed by atoms with van der Waals surface area (Å²) < 4.78 is 13.0. The molecule has 0 saturated heterocycles. The third-order valence-corrected chi connectivity index (χ3v) is 2.78. The Bertz CT molecular complexity index is 351. The zero-order valence-corrected chi connectivity index (χ0v) is 8.91. The van der Waals surface area contributed by atoms with Gasteiger partial charge in [0, 0.05) is 19.6 Å². The van der Waals surface area contributed by atoms with Gasteiger partial charge in [-0.05, 0) is 36.6 Å². The molecule has 15 heavy (non-hydrogen) atoms. The Morgan fingerprint density at radius 3 is 3.00 bits per heavy atom. The second kappa shape index (κ2) is 4.29. The number of hydrogen-bond acceptors (Lipinski definition) is 2. The molecule has 0 bridgehead atoms. The summed E-state index contributed by atoms with van der Waals surface area (Å²) in [5, 5.41) is 9.29. The predicted octanol–water partition coefficient (Wildman–Crippen LogP) is 1.56. The summed E-state index contributed by atoms with van der Waals surface area (Å²) in [4.78, 5) is 2.16. The summed E-state index contributed by atoms with van der Waals surface area (Å²) in [6, 6.07) is 4.98. The summed E-state index contributed by atoms with van der Waals surface area (Å²) in [6.45, 7) is 4.14. The third kappa shape index (κ3) is 2.55. The second-order valence-corrected chi connectivity index (χ2v) is 4.25. The Hall–Kier alpha value is -0.930. The quantitative estimate of drug-likeness (QED) is 0.799. The van der Waals surface area contributed by atoms with Gasteiger partial charge in [-0.2, -0.15) is 0 Å². The monoisotopic (exact) mass is 209 g/mol. The molecule has 1 aliphatic heterocycles. The number of aliphatic hydroxyl groups excluding tert-OH is 1. The molecule has 1 heterocycles. The van der Waals surface area contributed by atoms with Crippen molar-refractivity contribution in [2.75, 3.05) is 13.1 Å². The Morgan fingerprint density at radius 1 is 1.47 bits per heavy atom. The van der Waals surface area contributed by atoms with E-state index in [1.54, 1.807) is 13.0 Å². The van der Waals surface area contributed by atoms with Gasteiger partial charge in [0.25, 0.3) is 0 Å². The average molecular weight is 209 g/mol. The van der Waals surface area contributed by atoms with Gasteiger partial charge >= 0.3 is 0 Å². The molecule has 0 radical (unpaired) electrons. The van der Waals surface area contributed by atoms with E-state index in [4.69, 9.17) is 0 Å². The average Bonchev–Trinajstić information content (AvgIpc) is 2.16. The van der Waals surface area contributed by atoms with Crippen molar-refractivity contribution in [3.05, 3.63) is 35.1 Å². The smallest absolute Gasteiger partial charge is 0.123 e. The summed E-state index contributed by atoms with van der Waals surface area (Å²) in [5.41, 5.74) is 2.29. The first kappa shape index (κ1) is 10.6. The van der Waals surface area contributed by atoms with Crippen LogP contribution in [0.25, 0.3) is 0 Å². The first-order valence-corrected chi connectivity index (χ1v) is 5.33. The summed E-state index contributed by atoms with van der Waals surface area (Å²) in [6.07, 6.45) is 0.627. The standard InChI is InChI=1S/C12H16FNO/c1-9(15)7-14-5-4-10-2-3-12(13)6-11(10)8-14/h2-3,6,9,15H,4-5,7-8H2,1H3. The molecule has 0 aromatic heterocycles. The largest absolute Gasteiger partial charge is 0.392 e. The Kier molecular flexibility index (Phi) is 3.03. The molecular weight excluding hydrogens is 193 g/mol.